The summed E-state index contributed by atoms with van der Waals surface area (Å²) in [5.74, 6) is -0.180. The number of carbonyl (C=O) groups excluding carboxylic acids is 1. The fourth-order valence-electron chi connectivity index (χ4n) is 1.46. The monoisotopic (exact) mass is 388 g/mol. The molecule has 0 aliphatic rings. The van der Waals surface area contributed by atoms with Crippen LogP contribution in [0, 0.1) is 6.92 Å². The number of benzene rings is 1. The van der Waals surface area contributed by atoms with Gasteiger partial charge in [0.05, 0.1) is 24.5 Å². The summed E-state index contributed by atoms with van der Waals surface area (Å²) >= 11 is 8.16. The van der Waals surface area contributed by atoms with Crippen LogP contribution >= 0.6 is 43.2 Å². The third-order valence-electron chi connectivity index (χ3n) is 2.36. The number of nitrogens with two attached hydrogens (primary N) is 1. The molecule has 0 atom stereocenters. The number of anilines is 2. The zero-order valence-corrected chi connectivity index (χ0v) is 13.4. The molecule has 1 heterocycles. The van der Waals surface area contributed by atoms with Crippen molar-refractivity contribution < 1.29 is 4.79 Å². The SMILES string of the molecule is Cc1ccc(N)c(NC(=O)c2cc(Br)sc2Br)c1. The molecule has 2 aromatic rings. The summed E-state index contributed by atoms with van der Waals surface area (Å²) in [4.78, 5) is 12.1. The minimum Gasteiger partial charge on any atom is -0.397 e. The number of amides is 1. The standard InChI is InChI=1S/C12H10Br2N2OS/c1-6-2-3-8(15)9(4-6)16-12(17)7-5-10(13)18-11(7)14/h2-5H,15H2,1H3,(H,16,17). The van der Waals surface area contributed by atoms with Crippen molar-refractivity contribution in [2.45, 2.75) is 6.92 Å². The fourth-order valence-corrected chi connectivity index (χ4v) is 4.26. The van der Waals surface area contributed by atoms with E-state index in [0.717, 1.165) is 13.1 Å². The highest BCUT2D eigenvalue weighted by atomic mass is 79.9. The van der Waals surface area contributed by atoms with Crippen LogP contribution in [0.2, 0.25) is 0 Å². The lowest BCUT2D eigenvalue weighted by molar-refractivity contribution is 0.102. The van der Waals surface area contributed by atoms with Crippen molar-refractivity contribution in [1.82, 2.24) is 0 Å². The summed E-state index contributed by atoms with van der Waals surface area (Å²) in [6.07, 6.45) is 0. The second-order valence-electron chi connectivity index (χ2n) is 3.78. The maximum Gasteiger partial charge on any atom is 0.257 e. The number of thiophene rings is 1. The van der Waals surface area contributed by atoms with Crippen LogP contribution < -0.4 is 11.1 Å². The normalized spacial score (nSPS) is 10.4. The van der Waals surface area contributed by atoms with Gasteiger partial charge in [-0.1, -0.05) is 6.07 Å². The number of nitrogens with one attached hydrogen (secondary N) is 1. The number of aryl methyl sites for hydroxylation is 1. The third-order valence-corrected chi connectivity index (χ3v) is 4.70. The van der Waals surface area contributed by atoms with Crippen molar-refractivity contribution in [3.05, 3.63) is 43.0 Å². The smallest absolute Gasteiger partial charge is 0.257 e. The predicted octanol–water partition coefficient (Wildman–Crippen LogP) is 4.42. The Bertz CT molecular complexity index is 610. The van der Waals surface area contributed by atoms with Gasteiger partial charge in [-0.15, -0.1) is 11.3 Å². The van der Waals surface area contributed by atoms with Crippen molar-refractivity contribution in [3.63, 3.8) is 0 Å². The molecule has 18 heavy (non-hydrogen) atoms. The van der Waals surface area contributed by atoms with Gasteiger partial charge in [0, 0.05) is 0 Å². The largest absolute Gasteiger partial charge is 0.397 e. The molecule has 6 heteroatoms. The molecule has 1 amide bonds. The van der Waals surface area contributed by atoms with Crippen molar-refractivity contribution in [2.24, 2.45) is 0 Å². The maximum absolute atomic E-state index is 12.1. The first-order valence-corrected chi connectivity index (χ1v) is 7.50. The summed E-state index contributed by atoms with van der Waals surface area (Å²) in [6, 6.07) is 7.31. The molecule has 3 nitrogen and oxygen atoms in total. The molecular weight excluding hydrogens is 380 g/mol. The Balaban J connectivity index is 2.26. The highest BCUT2D eigenvalue weighted by Crippen LogP contribution is 2.32. The lowest BCUT2D eigenvalue weighted by atomic mass is 10.2. The minimum atomic E-state index is -0.180. The number of rotatable bonds is 2. The van der Waals surface area contributed by atoms with Crippen LogP contribution in [-0.4, -0.2) is 5.91 Å². The topological polar surface area (TPSA) is 55.1 Å². The molecule has 0 aliphatic heterocycles. The molecule has 0 fully saturated rings. The summed E-state index contributed by atoms with van der Waals surface area (Å²) < 4.78 is 1.69. The average molecular weight is 390 g/mol. The number of nitrogen functional groups attached to an aromatic ring is 1. The summed E-state index contributed by atoms with van der Waals surface area (Å²) in [5, 5.41) is 2.81. The molecule has 3 N–H and O–H groups in total. The van der Waals surface area contributed by atoms with Crippen LogP contribution in [0.25, 0.3) is 0 Å². The number of hydrogen-bond acceptors (Lipinski definition) is 3. The zero-order valence-electron chi connectivity index (χ0n) is 9.46. The van der Waals surface area contributed by atoms with E-state index < -0.39 is 0 Å². The molecule has 0 radical (unpaired) electrons. The quantitative estimate of drug-likeness (QED) is 0.747. The lowest BCUT2D eigenvalue weighted by Gasteiger charge is -2.08. The van der Waals surface area contributed by atoms with E-state index in [4.69, 9.17) is 5.73 Å². The van der Waals surface area contributed by atoms with E-state index in [1.54, 1.807) is 12.1 Å². The van der Waals surface area contributed by atoms with Gasteiger partial charge in [-0.25, -0.2) is 0 Å². The van der Waals surface area contributed by atoms with Gasteiger partial charge >= 0.3 is 0 Å². The number of halogens is 2. The van der Waals surface area contributed by atoms with Gasteiger partial charge in [0.15, 0.2) is 0 Å². The first-order valence-electron chi connectivity index (χ1n) is 5.09. The van der Waals surface area contributed by atoms with Gasteiger partial charge in [0.1, 0.15) is 0 Å². The Morgan fingerprint density at radius 2 is 2.06 bits per heavy atom. The molecule has 0 spiro atoms. The van der Waals surface area contributed by atoms with E-state index in [9.17, 15) is 4.79 Å². The maximum atomic E-state index is 12.1. The highest BCUT2D eigenvalue weighted by Gasteiger charge is 2.14. The predicted molar refractivity (Wildman–Crippen MR) is 83.3 cm³/mol. The van der Waals surface area contributed by atoms with Gasteiger partial charge in [0.25, 0.3) is 5.91 Å². The van der Waals surface area contributed by atoms with Gasteiger partial charge < -0.3 is 11.1 Å². The lowest BCUT2D eigenvalue weighted by Crippen LogP contribution is -2.12. The Morgan fingerprint density at radius 3 is 2.67 bits per heavy atom. The minimum absolute atomic E-state index is 0.180. The molecule has 2 rings (SSSR count). The van der Waals surface area contributed by atoms with Crippen LogP contribution in [0.5, 0.6) is 0 Å². The average Bonchev–Trinajstić information content (AvgIpc) is 2.63. The first-order chi connectivity index (χ1) is 8.47. The van der Waals surface area contributed by atoms with E-state index in [-0.39, 0.29) is 5.91 Å². The number of hydrogen-bond donors (Lipinski definition) is 2. The third kappa shape index (κ3) is 2.93. The van der Waals surface area contributed by atoms with E-state index in [1.807, 2.05) is 19.1 Å². The Morgan fingerprint density at radius 1 is 1.33 bits per heavy atom. The van der Waals surface area contributed by atoms with Crippen LogP contribution in [-0.2, 0) is 0 Å². The van der Waals surface area contributed by atoms with Crippen molar-refractivity contribution >= 4 is 60.5 Å². The van der Waals surface area contributed by atoms with Crippen molar-refractivity contribution in [2.75, 3.05) is 11.1 Å². The first kappa shape index (κ1) is 13.6. The van der Waals surface area contributed by atoms with E-state index in [1.165, 1.54) is 11.3 Å². The summed E-state index contributed by atoms with van der Waals surface area (Å²) in [5.41, 5.74) is 8.65. The van der Waals surface area contributed by atoms with Crippen LogP contribution in [0.4, 0.5) is 11.4 Å². The van der Waals surface area contributed by atoms with Crippen LogP contribution in [0.3, 0.4) is 0 Å². The number of carbonyl (C=O) groups is 1. The molecule has 94 valence electrons. The van der Waals surface area contributed by atoms with Gasteiger partial charge in [-0.05, 0) is 62.5 Å². The van der Waals surface area contributed by atoms with Gasteiger partial charge in [-0.2, -0.15) is 0 Å². The molecule has 0 bridgehead atoms. The van der Waals surface area contributed by atoms with E-state index in [2.05, 4.69) is 37.2 Å². The van der Waals surface area contributed by atoms with E-state index in [0.29, 0.717) is 16.9 Å². The molecule has 0 aliphatic carbocycles. The molecule has 1 aromatic carbocycles. The molecular formula is C12H10Br2N2OS. The highest BCUT2D eigenvalue weighted by molar-refractivity contribution is 9.12. The van der Waals surface area contributed by atoms with Crippen LogP contribution in [0.15, 0.2) is 31.8 Å². The molecule has 1 aromatic heterocycles. The molecule has 0 unspecified atom stereocenters. The second kappa shape index (κ2) is 5.42. The summed E-state index contributed by atoms with van der Waals surface area (Å²) in [6.45, 7) is 1.95. The van der Waals surface area contributed by atoms with Gasteiger partial charge in [-0.3, -0.25) is 4.79 Å². The summed E-state index contributed by atoms with van der Waals surface area (Å²) in [7, 11) is 0. The molecule has 0 saturated carbocycles. The van der Waals surface area contributed by atoms with Crippen molar-refractivity contribution in [1.29, 1.82) is 0 Å². The zero-order chi connectivity index (χ0) is 13.3. The Hall–Kier alpha value is -0.850. The Labute approximate surface area is 126 Å². The molecule has 0 saturated heterocycles. The van der Waals surface area contributed by atoms with E-state index >= 15 is 0 Å². The van der Waals surface area contributed by atoms with Gasteiger partial charge in [0.2, 0.25) is 0 Å². The Kier molecular flexibility index (Phi) is 4.09. The van der Waals surface area contributed by atoms with Crippen molar-refractivity contribution in [3.8, 4) is 0 Å². The fraction of sp³-hybridized carbons (Fsp3) is 0.0833. The second-order valence-corrected chi connectivity index (χ2v) is 7.53. The van der Waals surface area contributed by atoms with Crippen LogP contribution in [0.1, 0.15) is 15.9 Å².